The summed E-state index contributed by atoms with van der Waals surface area (Å²) in [5.74, 6) is 0.810. The van der Waals surface area contributed by atoms with Gasteiger partial charge in [0.15, 0.2) is 6.29 Å². The van der Waals surface area contributed by atoms with Gasteiger partial charge in [-0.25, -0.2) is 0 Å². The topological polar surface area (TPSA) is 71.9 Å². The molecule has 0 saturated heterocycles. The Hall–Kier alpha value is -0.790. The van der Waals surface area contributed by atoms with Gasteiger partial charge in [-0.2, -0.15) is 0 Å². The van der Waals surface area contributed by atoms with Crippen LogP contribution in [0, 0.1) is 11.3 Å². The molecule has 1 rings (SSSR count). The lowest BCUT2D eigenvalue weighted by atomic mass is 9.96. The van der Waals surface area contributed by atoms with E-state index in [9.17, 15) is 4.79 Å². The third kappa shape index (κ3) is 5.00. The molecule has 6 heteroatoms. The second-order valence-electron chi connectivity index (χ2n) is 4.43. The van der Waals surface area contributed by atoms with Crippen LogP contribution in [-0.4, -0.2) is 22.2 Å². The number of rotatable bonds is 10. The maximum Gasteiger partial charge on any atom is 0.374 e. The quantitative estimate of drug-likeness (QED) is 0.273. The van der Waals surface area contributed by atoms with Crippen molar-refractivity contribution in [1.82, 2.24) is 0 Å². The summed E-state index contributed by atoms with van der Waals surface area (Å²) in [6, 6.07) is 0. The highest BCUT2D eigenvalue weighted by Crippen LogP contribution is 2.37. The van der Waals surface area contributed by atoms with Crippen molar-refractivity contribution in [3.8, 4) is 0 Å². The molecule has 0 spiro atoms. The van der Waals surface area contributed by atoms with Crippen LogP contribution < -0.4 is 0 Å². The number of nitrogens with one attached hydrogen (secondary N) is 1. The summed E-state index contributed by atoms with van der Waals surface area (Å²) in [6.07, 6.45) is 2.77. The zero-order valence-electron chi connectivity index (χ0n) is 11.5. The van der Waals surface area contributed by atoms with E-state index in [0.29, 0.717) is 30.6 Å². The number of alkyl halides is 1. The maximum absolute atomic E-state index is 11.2. The fourth-order valence-corrected chi connectivity index (χ4v) is 2.08. The monoisotopic (exact) mass is 381 g/mol. The Bertz CT molecular complexity index is 383. The van der Waals surface area contributed by atoms with Gasteiger partial charge < -0.3 is 19.6 Å². The highest BCUT2D eigenvalue weighted by atomic mass is 127. The largest absolute Gasteiger partial charge is 0.460 e. The number of ether oxygens (including phenoxy) is 3. The van der Waals surface area contributed by atoms with E-state index >= 15 is 0 Å². The number of aldehydes is 1. The molecule has 1 N–H and O–H groups in total. The third-order valence-corrected chi connectivity index (χ3v) is 3.93. The van der Waals surface area contributed by atoms with Crippen LogP contribution in [0.15, 0.2) is 11.9 Å². The molecular weight excluding hydrogens is 361 g/mol. The number of carbonyl (C=O) groups excluding carboxylic acids is 1. The Labute approximate surface area is 127 Å². The zero-order valence-corrected chi connectivity index (χ0v) is 13.7. The van der Waals surface area contributed by atoms with E-state index in [-0.39, 0.29) is 5.92 Å². The molecule has 0 radical (unpaired) electrons. The third-order valence-electron chi connectivity index (χ3n) is 2.92. The molecule has 1 heterocycles. The Balaban J connectivity index is 2.48. The lowest BCUT2D eigenvalue weighted by molar-refractivity contribution is -0.118. The van der Waals surface area contributed by atoms with Crippen molar-refractivity contribution in [3.63, 3.8) is 0 Å². The maximum atomic E-state index is 11.2. The van der Waals surface area contributed by atoms with Crippen LogP contribution in [-0.2, 0) is 19.0 Å². The van der Waals surface area contributed by atoms with Crippen molar-refractivity contribution in [2.75, 3.05) is 6.61 Å². The smallest absolute Gasteiger partial charge is 0.374 e. The van der Waals surface area contributed by atoms with Gasteiger partial charge in [0, 0.05) is 12.1 Å². The molecule has 0 fully saturated rings. The molecule has 2 atom stereocenters. The standard InChI is InChI=1S/C13H20INO4/c1-4-10(15)9(3)6-7-13(14,8-16)19-12-11(18-12)17-5-2/h8-9,15H,4-7H2,1-3H3/t9-,13?/m0/s1. The van der Waals surface area contributed by atoms with Crippen molar-refractivity contribution in [3.05, 3.63) is 11.9 Å². The van der Waals surface area contributed by atoms with Gasteiger partial charge in [0.05, 0.1) is 6.61 Å². The molecule has 1 aliphatic rings. The number of hydrogen-bond acceptors (Lipinski definition) is 5. The van der Waals surface area contributed by atoms with Crippen molar-refractivity contribution in [2.24, 2.45) is 5.92 Å². The van der Waals surface area contributed by atoms with Crippen molar-refractivity contribution >= 4 is 34.6 Å². The van der Waals surface area contributed by atoms with Gasteiger partial charge in [-0.05, 0) is 48.3 Å². The van der Waals surface area contributed by atoms with Crippen LogP contribution in [0.4, 0.5) is 0 Å². The summed E-state index contributed by atoms with van der Waals surface area (Å²) in [5.41, 5.74) is 0.696. The highest BCUT2D eigenvalue weighted by Gasteiger charge is 2.39. The fourth-order valence-electron chi connectivity index (χ4n) is 1.56. The molecule has 0 aromatic heterocycles. The Kier molecular flexibility index (Phi) is 6.09. The van der Waals surface area contributed by atoms with Crippen LogP contribution in [0.1, 0.15) is 40.0 Å². The summed E-state index contributed by atoms with van der Waals surface area (Å²) in [5, 5.41) is 7.76. The fraction of sp³-hybridized carbons (Fsp3) is 0.692. The Morgan fingerprint density at radius 3 is 2.74 bits per heavy atom. The normalized spacial score (nSPS) is 18.1. The van der Waals surface area contributed by atoms with Crippen molar-refractivity contribution in [1.29, 1.82) is 5.41 Å². The summed E-state index contributed by atoms with van der Waals surface area (Å²) >= 11 is 1.97. The molecule has 1 aliphatic heterocycles. The van der Waals surface area contributed by atoms with Crippen LogP contribution in [0.5, 0.6) is 0 Å². The summed E-state index contributed by atoms with van der Waals surface area (Å²) in [6.45, 7) is 6.30. The first-order chi connectivity index (χ1) is 8.95. The molecule has 0 amide bonds. The van der Waals surface area contributed by atoms with E-state index in [1.54, 1.807) is 0 Å². The average Bonchev–Trinajstić information content (AvgIpc) is 3.13. The first kappa shape index (κ1) is 16.3. The van der Waals surface area contributed by atoms with Crippen LogP contribution in [0.2, 0.25) is 0 Å². The minimum absolute atomic E-state index is 0.156. The minimum atomic E-state index is -0.950. The number of hydrogen-bond donors (Lipinski definition) is 1. The average molecular weight is 381 g/mol. The van der Waals surface area contributed by atoms with E-state index in [2.05, 4.69) is 0 Å². The van der Waals surface area contributed by atoms with Gasteiger partial charge in [0.25, 0.3) is 0 Å². The molecule has 0 aliphatic carbocycles. The summed E-state index contributed by atoms with van der Waals surface area (Å²) in [7, 11) is 0. The lowest BCUT2D eigenvalue weighted by Crippen LogP contribution is -2.27. The lowest BCUT2D eigenvalue weighted by Gasteiger charge is -2.21. The molecular formula is C13H20INO4. The van der Waals surface area contributed by atoms with Gasteiger partial charge in [-0.1, -0.05) is 13.8 Å². The predicted molar refractivity (Wildman–Crippen MR) is 80.1 cm³/mol. The van der Waals surface area contributed by atoms with E-state index in [4.69, 9.17) is 19.6 Å². The molecule has 0 aromatic carbocycles. The molecule has 0 aromatic rings. The zero-order chi connectivity index (χ0) is 14.5. The number of carbonyl (C=O) groups is 1. The van der Waals surface area contributed by atoms with Gasteiger partial charge >= 0.3 is 11.9 Å². The highest BCUT2D eigenvalue weighted by molar-refractivity contribution is 14.1. The van der Waals surface area contributed by atoms with E-state index in [1.165, 1.54) is 0 Å². The second kappa shape index (κ2) is 7.12. The predicted octanol–water partition coefficient (Wildman–Crippen LogP) is 3.37. The summed E-state index contributed by atoms with van der Waals surface area (Å²) < 4.78 is 14.7. The number of halogens is 1. The molecule has 0 bridgehead atoms. The first-order valence-electron chi connectivity index (χ1n) is 6.42. The van der Waals surface area contributed by atoms with E-state index < -0.39 is 3.61 Å². The molecule has 108 valence electrons. The van der Waals surface area contributed by atoms with Crippen molar-refractivity contribution in [2.45, 2.75) is 43.6 Å². The van der Waals surface area contributed by atoms with Crippen molar-refractivity contribution < 1.29 is 19.0 Å². The van der Waals surface area contributed by atoms with Gasteiger partial charge in [-0.3, -0.25) is 4.79 Å². The second-order valence-corrected chi connectivity index (χ2v) is 6.26. The van der Waals surface area contributed by atoms with Crippen LogP contribution in [0.3, 0.4) is 0 Å². The summed E-state index contributed by atoms with van der Waals surface area (Å²) in [4.78, 5) is 11.2. The first-order valence-corrected chi connectivity index (χ1v) is 7.50. The molecule has 1 unspecified atom stereocenters. The van der Waals surface area contributed by atoms with Crippen LogP contribution >= 0.6 is 22.6 Å². The molecule has 0 saturated carbocycles. The van der Waals surface area contributed by atoms with Gasteiger partial charge in [0.1, 0.15) is 0 Å². The van der Waals surface area contributed by atoms with Gasteiger partial charge in [-0.15, -0.1) is 0 Å². The van der Waals surface area contributed by atoms with Crippen LogP contribution in [0.25, 0.3) is 0 Å². The minimum Gasteiger partial charge on any atom is -0.460 e. The molecule has 5 nitrogen and oxygen atoms in total. The van der Waals surface area contributed by atoms with Gasteiger partial charge in [0.2, 0.25) is 3.61 Å². The Morgan fingerprint density at radius 2 is 2.21 bits per heavy atom. The van der Waals surface area contributed by atoms with E-state index in [0.717, 1.165) is 19.1 Å². The molecule has 19 heavy (non-hydrogen) atoms. The SMILES string of the molecule is CCOC1=C(OC(I)(C=O)CC[C@H](C)C(=N)CC)O1. The van der Waals surface area contributed by atoms with E-state index in [1.807, 2.05) is 43.4 Å². The Morgan fingerprint density at radius 1 is 1.53 bits per heavy atom.